The first-order valence-corrected chi connectivity index (χ1v) is 11.6. The number of benzene rings is 1. The fourth-order valence-corrected chi connectivity index (χ4v) is 4.56. The largest absolute Gasteiger partial charge is 0.363 e. The first-order valence-electron chi connectivity index (χ1n) is 10.7. The Morgan fingerprint density at radius 1 is 1.16 bits per heavy atom. The van der Waals surface area contributed by atoms with Gasteiger partial charge in [-0.15, -0.1) is 35.3 Å². The number of piperidine rings is 1. The fourth-order valence-electron chi connectivity index (χ4n) is 3.77. The quantitative estimate of drug-likeness (QED) is 0.261. The van der Waals surface area contributed by atoms with Gasteiger partial charge in [0.15, 0.2) is 5.96 Å². The van der Waals surface area contributed by atoms with E-state index in [2.05, 4.69) is 73.8 Å². The highest BCUT2D eigenvalue weighted by Crippen LogP contribution is 2.24. The van der Waals surface area contributed by atoms with Crippen LogP contribution < -0.4 is 15.5 Å². The third-order valence-electron chi connectivity index (χ3n) is 5.37. The summed E-state index contributed by atoms with van der Waals surface area (Å²) in [5.41, 5.74) is 1.27. The molecule has 0 atom stereocenters. The summed E-state index contributed by atoms with van der Waals surface area (Å²) >= 11 is 1.82. The number of imidazole rings is 1. The van der Waals surface area contributed by atoms with Crippen molar-refractivity contribution < 1.29 is 0 Å². The summed E-state index contributed by atoms with van der Waals surface area (Å²) < 4.78 is 2.17. The van der Waals surface area contributed by atoms with Crippen LogP contribution in [0, 0.1) is 0 Å². The van der Waals surface area contributed by atoms with E-state index in [9.17, 15) is 0 Å². The highest BCUT2D eigenvalue weighted by atomic mass is 127. The van der Waals surface area contributed by atoms with E-state index in [1.165, 1.54) is 10.6 Å². The minimum atomic E-state index is 0. The van der Waals surface area contributed by atoms with Gasteiger partial charge in [0.05, 0.1) is 5.00 Å². The van der Waals surface area contributed by atoms with Crippen LogP contribution in [-0.4, -0.2) is 41.2 Å². The molecule has 31 heavy (non-hydrogen) atoms. The molecule has 1 aromatic carbocycles. The van der Waals surface area contributed by atoms with Crippen LogP contribution in [0.15, 0.2) is 65.2 Å². The van der Waals surface area contributed by atoms with Gasteiger partial charge in [-0.25, -0.2) is 9.98 Å². The molecule has 0 saturated carbocycles. The van der Waals surface area contributed by atoms with Crippen LogP contribution >= 0.6 is 35.3 Å². The third kappa shape index (κ3) is 6.70. The second-order valence-electron chi connectivity index (χ2n) is 7.51. The Morgan fingerprint density at radius 3 is 2.68 bits per heavy atom. The Morgan fingerprint density at radius 2 is 1.97 bits per heavy atom. The number of anilines is 1. The minimum Gasteiger partial charge on any atom is -0.363 e. The number of rotatable bonds is 7. The molecule has 6 nitrogen and oxygen atoms in total. The SMILES string of the molecule is CCNC(=NCc1nccn1Cc1ccccc1)NC1CCN(c2cccs2)CC1.I. The Balaban J connectivity index is 0.00000272. The summed E-state index contributed by atoms with van der Waals surface area (Å²) in [6, 6.07) is 15.2. The maximum absolute atomic E-state index is 4.82. The average Bonchev–Trinajstić information content (AvgIpc) is 3.46. The highest BCUT2D eigenvalue weighted by molar-refractivity contribution is 14.0. The van der Waals surface area contributed by atoms with Gasteiger partial charge in [0, 0.05) is 44.6 Å². The number of hydrogen-bond donors (Lipinski definition) is 2. The van der Waals surface area contributed by atoms with Gasteiger partial charge >= 0.3 is 0 Å². The van der Waals surface area contributed by atoms with Crippen molar-refractivity contribution in [1.29, 1.82) is 0 Å². The summed E-state index contributed by atoms with van der Waals surface area (Å²) in [6.45, 7) is 6.49. The topological polar surface area (TPSA) is 57.5 Å². The van der Waals surface area contributed by atoms with Gasteiger partial charge in [-0.3, -0.25) is 0 Å². The molecule has 1 fully saturated rings. The van der Waals surface area contributed by atoms with Crippen molar-refractivity contribution in [2.75, 3.05) is 24.5 Å². The second kappa shape index (κ2) is 12.1. The van der Waals surface area contributed by atoms with Gasteiger partial charge in [0.25, 0.3) is 0 Å². The lowest BCUT2D eigenvalue weighted by molar-refractivity contribution is 0.462. The lowest BCUT2D eigenvalue weighted by atomic mass is 10.1. The first-order chi connectivity index (χ1) is 14.8. The summed E-state index contributed by atoms with van der Waals surface area (Å²) in [6.07, 6.45) is 6.11. The van der Waals surface area contributed by atoms with E-state index in [1.54, 1.807) is 0 Å². The third-order valence-corrected chi connectivity index (χ3v) is 6.30. The summed E-state index contributed by atoms with van der Waals surface area (Å²) in [4.78, 5) is 11.8. The van der Waals surface area contributed by atoms with Crippen molar-refractivity contribution in [3.63, 3.8) is 0 Å². The number of nitrogens with one attached hydrogen (secondary N) is 2. The van der Waals surface area contributed by atoms with Crippen molar-refractivity contribution in [3.8, 4) is 0 Å². The molecule has 3 aromatic rings. The molecular weight excluding hydrogens is 519 g/mol. The number of aliphatic imine (C=N–C) groups is 1. The predicted octanol–water partition coefficient (Wildman–Crippen LogP) is 4.34. The molecule has 0 unspecified atom stereocenters. The number of hydrogen-bond acceptors (Lipinski definition) is 4. The molecule has 0 bridgehead atoms. The average molecular weight is 551 g/mol. The van der Waals surface area contributed by atoms with E-state index in [0.29, 0.717) is 12.6 Å². The van der Waals surface area contributed by atoms with E-state index in [4.69, 9.17) is 4.99 Å². The van der Waals surface area contributed by atoms with Crippen LogP contribution in [0.1, 0.15) is 31.2 Å². The Hall–Kier alpha value is -2.07. The molecule has 1 aliphatic rings. The zero-order valence-corrected chi connectivity index (χ0v) is 21.1. The van der Waals surface area contributed by atoms with Crippen molar-refractivity contribution in [2.45, 2.75) is 38.9 Å². The Labute approximate surface area is 205 Å². The molecule has 1 aliphatic heterocycles. The van der Waals surface area contributed by atoms with Gasteiger partial charge in [-0.05, 0) is 42.8 Å². The number of nitrogens with zero attached hydrogens (tertiary/aromatic N) is 4. The number of aromatic nitrogens is 2. The van der Waals surface area contributed by atoms with E-state index in [0.717, 1.165) is 50.8 Å². The Bertz CT molecular complexity index is 917. The predicted molar refractivity (Wildman–Crippen MR) is 141 cm³/mol. The zero-order valence-electron chi connectivity index (χ0n) is 17.9. The van der Waals surface area contributed by atoms with Crippen LogP contribution in [0.2, 0.25) is 0 Å². The van der Waals surface area contributed by atoms with Crippen LogP contribution in [0.5, 0.6) is 0 Å². The van der Waals surface area contributed by atoms with Gasteiger partial charge in [0.1, 0.15) is 12.4 Å². The van der Waals surface area contributed by atoms with Crippen molar-refractivity contribution in [1.82, 2.24) is 20.2 Å². The van der Waals surface area contributed by atoms with Gasteiger partial charge in [0.2, 0.25) is 0 Å². The second-order valence-corrected chi connectivity index (χ2v) is 8.44. The molecule has 0 radical (unpaired) electrons. The smallest absolute Gasteiger partial charge is 0.191 e. The fraction of sp³-hybridized carbons (Fsp3) is 0.391. The van der Waals surface area contributed by atoms with E-state index in [1.807, 2.05) is 29.8 Å². The number of thiophene rings is 1. The van der Waals surface area contributed by atoms with Crippen LogP contribution in [-0.2, 0) is 13.1 Å². The van der Waals surface area contributed by atoms with Crippen LogP contribution in [0.25, 0.3) is 0 Å². The summed E-state index contributed by atoms with van der Waals surface area (Å²) in [5, 5.41) is 10.5. The minimum absolute atomic E-state index is 0. The number of guanidine groups is 1. The van der Waals surface area contributed by atoms with Crippen LogP contribution in [0.3, 0.4) is 0 Å². The molecule has 166 valence electrons. The molecular formula is C23H31IN6S. The molecule has 1 saturated heterocycles. The molecule has 2 N–H and O–H groups in total. The summed E-state index contributed by atoms with van der Waals surface area (Å²) in [7, 11) is 0. The Kier molecular flexibility index (Phi) is 9.20. The van der Waals surface area contributed by atoms with Gasteiger partial charge in [-0.1, -0.05) is 30.3 Å². The van der Waals surface area contributed by atoms with Crippen molar-refractivity contribution in [2.24, 2.45) is 4.99 Å². The molecule has 2 aromatic heterocycles. The molecule has 0 amide bonds. The maximum atomic E-state index is 4.82. The standard InChI is InChI=1S/C23H30N6S.HI/c1-2-24-23(27-20-10-13-28(14-11-20)22-9-6-16-30-22)26-17-21-25-12-15-29(21)18-19-7-4-3-5-8-19;/h3-9,12,15-16,20H,2,10-11,13-14,17-18H2,1H3,(H2,24,26,27);1H. The lowest BCUT2D eigenvalue weighted by Gasteiger charge is -2.33. The summed E-state index contributed by atoms with van der Waals surface area (Å²) in [5.74, 6) is 1.85. The van der Waals surface area contributed by atoms with Gasteiger partial charge < -0.3 is 20.1 Å². The van der Waals surface area contributed by atoms with Crippen molar-refractivity contribution in [3.05, 3.63) is 71.6 Å². The molecule has 0 spiro atoms. The van der Waals surface area contributed by atoms with E-state index in [-0.39, 0.29) is 24.0 Å². The van der Waals surface area contributed by atoms with Crippen molar-refractivity contribution >= 4 is 46.3 Å². The molecule has 4 rings (SSSR count). The molecule has 0 aliphatic carbocycles. The van der Waals surface area contributed by atoms with Crippen LogP contribution in [0.4, 0.5) is 5.00 Å². The maximum Gasteiger partial charge on any atom is 0.191 e. The van der Waals surface area contributed by atoms with Gasteiger partial charge in [-0.2, -0.15) is 0 Å². The molecule has 3 heterocycles. The number of halogens is 1. The van der Waals surface area contributed by atoms with E-state index < -0.39 is 0 Å². The first kappa shape index (κ1) is 23.6. The molecule has 8 heteroatoms. The van der Waals surface area contributed by atoms with E-state index >= 15 is 0 Å². The lowest BCUT2D eigenvalue weighted by Crippen LogP contribution is -2.48. The monoisotopic (exact) mass is 550 g/mol. The zero-order chi connectivity index (χ0) is 20.6. The highest BCUT2D eigenvalue weighted by Gasteiger charge is 2.20. The normalized spacial score (nSPS) is 14.9.